The minimum Gasteiger partial charge on any atom is -0.378 e. The van der Waals surface area contributed by atoms with Gasteiger partial charge in [-0.3, -0.25) is 19.6 Å². The van der Waals surface area contributed by atoms with Crippen LogP contribution in [0.25, 0.3) is 32.5 Å². The van der Waals surface area contributed by atoms with Gasteiger partial charge in [-0.2, -0.15) is 5.10 Å². The number of benzene rings is 1. The molecule has 4 aromatic rings. The molecule has 2 saturated heterocycles. The van der Waals surface area contributed by atoms with Crippen molar-refractivity contribution in [3.63, 3.8) is 0 Å². The molecule has 6 rings (SSSR count). The minimum atomic E-state index is -0.918. The van der Waals surface area contributed by atoms with Crippen molar-refractivity contribution >= 4 is 55.2 Å². The van der Waals surface area contributed by atoms with Gasteiger partial charge >= 0.3 is 0 Å². The molecule has 3 aromatic heterocycles. The van der Waals surface area contributed by atoms with E-state index in [-0.39, 0.29) is 5.91 Å². The number of aryl methyl sites for hydroxylation is 1. The number of unbranched alkanes of at least 4 members (excludes halogenated alkanes) is 2. The van der Waals surface area contributed by atoms with E-state index in [9.17, 15) is 9.00 Å². The first-order chi connectivity index (χ1) is 21.0. The van der Waals surface area contributed by atoms with Crippen LogP contribution in [0.3, 0.4) is 0 Å². The molecule has 0 bridgehead atoms. The Bertz CT molecular complexity index is 1590. The number of hydrogen-bond acceptors (Lipinski definition) is 10. The lowest BCUT2D eigenvalue weighted by Gasteiger charge is -2.32. The van der Waals surface area contributed by atoms with Crippen molar-refractivity contribution in [2.24, 2.45) is 0 Å². The highest BCUT2D eigenvalue weighted by Gasteiger charge is 2.23. The number of nitrogens with zero attached hydrogens (tertiary/aromatic N) is 7. The number of morpholine rings is 1. The maximum atomic E-state index is 11.9. The Morgan fingerprint density at radius 2 is 1.88 bits per heavy atom. The summed E-state index contributed by atoms with van der Waals surface area (Å²) in [6.45, 7) is 7.93. The lowest BCUT2D eigenvalue weighted by molar-refractivity contribution is -0.129. The first kappa shape index (κ1) is 30.0. The van der Waals surface area contributed by atoms with Gasteiger partial charge in [-0.15, -0.1) is 11.3 Å². The van der Waals surface area contributed by atoms with Gasteiger partial charge in [0.15, 0.2) is 11.6 Å². The Morgan fingerprint density at radius 1 is 1.07 bits per heavy atom. The van der Waals surface area contributed by atoms with Crippen molar-refractivity contribution < 1.29 is 18.9 Å². The van der Waals surface area contributed by atoms with E-state index in [4.69, 9.17) is 25.0 Å². The number of aromatic nitrogens is 4. The molecule has 0 aliphatic carbocycles. The second-order valence-electron chi connectivity index (χ2n) is 11.0. The first-order valence-electron chi connectivity index (χ1n) is 14.8. The Labute approximate surface area is 257 Å². The standard InChI is InChI=1S/C29H38N8O4S2/c1-43(40)37-12-10-34(11-13-37)19-21-18-25-27(42-21)29(35-14-16-41-17-15-35)31-28(30-25)22-6-5-7-24-23(22)20-36(32-24)9-4-2-3-8-26(38)33-39/h5-7,18,20,39H,2-4,8-17,19H2,1H3,(H,33,38). The fraction of sp³-hybridized carbons (Fsp3) is 0.517. The Hall–Kier alpha value is -3.01. The third-order valence-corrected chi connectivity index (χ3v) is 10.2. The number of carbonyl (C=O) groups is 1. The van der Waals surface area contributed by atoms with Gasteiger partial charge in [-0.05, 0) is 25.0 Å². The van der Waals surface area contributed by atoms with Crippen LogP contribution in [0.2, 0.25) is 0 Å². The molecule has 1 aromatic carbocycles. The zero-order valence-electron chi connectivity index (χ0n) is 24.4. The van der Waals surface area contributed by atoms with Crippen LogP contribution in [0.15, 0.2) is 30.5 Å². The molecule has 0 radical (unpaired) electrons. The average molecular weight is 627 g/mol. The van der Waals surface area contributed by atoms with E-state index in [2.05, 4.69) is 28.1 Å². The fourth-order valence-corrected chi connectivity index (χ4v) is 7.54. The molecule has 2 N–H and O–H groups in total. The topological polar surface area (TPSA) is 129 Å². The fourth-order valence-electron chi connectivity index (χ4n) is 5.71. The summed E-state index contributed by atoms with van der Waals surface area (Å²) < 4.78 is 22.6. The number of carbonyl (C=O) groups excluding carboxylic acids is 1. The Balaban J connectivity index is 1.26. The number of hydroxylamine groups is 1. The van der Waals surface area contributed by atoms with Crippen molar-refractivity contribution in [1.29, 1.82) is 0 Å². The highest BCUT2D eigenvalue weighted by molar-refractivity contribution is 7.81. The van der Waals surface area contributed by atoms with Gasteiger partial charge in [-0.25, -0.2) is 24.0 Å². The lowest BCUT2D eigenvalue weighted by atomic mass is 10.1. The summed E-state index contributed by atoms with van der Waals surface area (Å²) in [5, 5.41) is 14.5. The van der Waals surface area contributed by atoms with Gasteiger partial charge < -0.3 is 9.64 Å². The summed E-state index contributed by atoms with van der Waals surface area (Å²) in [6.07, 6.45) is 6.60. The van der Waals surface area contributed by atoms with Gasteiger partial charge in [-0.1, -0.05) is 18.6 Å². The van der Waals surface area contributed by atoms with Crippen molar-refractivity contribution in [3.05, 3.63) is 35.3 Å². The van der Waals surface area contributed by atoms with Gasteiger partial charge in [0.2, 0.25) is 5.91 Å². The van der Waals surface area contributed by atoms with Crippen molar-refractivity contribution in [2.75, 3.05) is 63.6 Å². The molecule has 0 spiro atoms. The molecule has 0 saturated carbocycles. The summed E-state index contributed by atoms with van der Waals surface area (Å²) in [5.41, 5.74) is 4.49. The van der Waals surface area contributed by atoms with Crippen LogP contribution in [0.1, 0.15) is 30.6 Å². The van der Waals surface area contributed by atoms with Crippen molar-refractivity contribution in [2.45, 2.75) is 38.8 Å². The molecule has 230 valence electrons. The maximum Gasteiger partial charge on any atom is 0.243 e. The molecule has 2 aliphatic rings. The van der Waals surface area contributed by atoms with E-state index < -0.39 is 11.0 Å². The molecular weight excluding hydrogens is 589 g/mol. The third kappa shape index (κ3) is 7.05. The van der Waals surface area contributed by atoms with E-state index in [1.165, 1.54) is 4.88 Å². The number of fused-ring (bicyclic) bond motifs is 2. The highest BCUT2D eigenvalue weighted by Crippen LogP contribution is 2.36. The molecule has 1 unspecified atom stereocenters. The number of nitrogens with one attached hydrogen (secondary N) is 1. The normalized spacial score (nSPS) is 17.6. The van der Waals surface area contributed by atoms with Crippen LogP contribution in [0.5, 0.6) is 0 Å². The van der Waals surface area contributed by atoms with Gasteiger partial charge in [0.1, 0.15) is 0 Å². The summed E-state index contributed by atoms with van der Waals surface area (Å²) in [6, 6.07) is 8.29. The molecule has 2 fully saturated rings. The molecule has 14 heteroatoms. The predicted octanol–water partition coefficient (Wildman–Crippen LogP) is 3.02. The van der Waals surface area contributed by atoms with E-state index >= 15 is 0 Å². The van der Waals surface area contributed by atoms with Gasteiger partial charge in [0, 0.05) is 87.1 Å². The quantitative estimate of drug-likeness (QED) is 0.147. The summed E-state index contributed by atoms with van der Waals surface area (Å²) >= 11 is 1.77. The van der Waals surface area contributed by atoms with E-state index in [0.717, 1.165) is 104 Å². The van der Waals surface area contributed by atoms with Crippen LogP contribution < -0.4 is 10.4 Å². The molecule has 5 heterocycles. The maximum absolute atomic E-state index is 11.9. The van der Waals surface area contributed by atoms with Crippen molar-refractivity contribution in [1.82, 2.24) is 34.4 Å². The largest absolute Gasteiger partial charge is 0.378 e. The second kappa shape index (κ2) is 13.7. The lowest BCUT2D eigenvalue weighted by Crippen LogP contribution is -2.46. The van der Waals surface area contributed by atoms with Crippen LogP contribution in [0, 0.1) is 0 Å². The highest BCUT2D eigenvalue weighted by atomic mass is 32.2. The van der Waals surface area contributed by atoms with Crippen LogP contribution in [-0.4, -0.2) is 103 Å². The Morgan fingerprint density at radius 3 is 2.65 bits per heavy atom. The average Bonchev–Trinajstić information content (AvgIpc) is 3.64. The summed E-state index contributed by atoms with van der Waals surface area (Å²) in [5.74, 6) is 1.30. The molecule has 12 nitrogen and oxygen atoms in total. The van der Waals surface area contributed by atoms with Gasteiger partial charge in [0.25, 0.3) is 0 Å². The molecule has 2 aliphatic heterocycles. The summed E-state index contributed by atoms with van der Waals surface area (Å²) in [4.78, 5) is 27.5. The number of piperazine rings is 1. The SMILES string of the molecule is CS(=O)N1CCN(Cc2cc3nc(-c4cccc5nn(CCCCCC(=O)NO)cc45)nc(N4CCOCC4)c3s2)CC1. The van der Waals surface area contributed by atoms with Crippen LogP contribution in [-0.2, 0) is 33.6 Å². The number of anilines is 1. The van der Waals surface area contributed by atoms with E-state index in [0.29, 0.717) is 25.5 Å². The number of amides is 1. The zero-order chi connectivity index (χ0) is 29.8. The predicted molar refractivity (Wildman–Crippen MR) is 168 cm³/mol. The molecule has 43 heavy (non-hydrogen) atoms. The minimum absolute atomic E-state index is 0.314. The zero-order valence-corrected chi connectivity index (χ0v) is 26.0. The van der Waals surface area contributed by atoms with Gasteiger partial charge in [0.05, 0.1) is 39.9 Å². The number of thiophene rings is 1. The summed E-state index contributed by atoms with van der Waals surface area (Å²) in [7, 11) is -0.918. The smallest absolute Gasteiger partial charge is 0.243 e. The second-order valence-corrected chi connectivity index (χ2v) is 13.5. The van der Waals surface area contributed by atoms with Crippen LogP contribution in [0.4, 0.5) is 5.82 Å². The first-order valence-corrected chi connectivity index (χ1v) is 17.1. The molecule has 1 amide bonds. The number of ether oxygens (including phenoxy) is 1. The molecule has 1 atom stereocenters. The van der Waals surface area contributed by atoms with E-state index in [1.807, 2.05) is 21.1 Å². The van der Waals surface area contributed by atoms with Crippen molar-refractivity contribution in [3.8, 4) is 11.4 Å². The van der Waals surface area contributed by atoms with Crippen LogP contribution >= 0.6 is 11.3 Å². The number of hydrogen-bond donors (Lipinski definition) is 2. The molecular formula is C29H38N8O4S2. The number of rotatable bonds is 11. The van der Waals surface area contributed by atoms with E-state index in [1.54, 1.807) is 23.1 Å². The third-order valence-electron chi connectivity index (χ3n) is 8.04. The monoisotopic (exact) mass is 626 g/mol. The Kier molecular flexibility index (Phi) is 9.60.